The van der Waals surface area contributed by atoms with E-state index in [0.29, 0.717) is 47.2 Å². The lowest BCUT2D eigenvalue weighted by Crippen LogP contribution is -2.55. The van der Waals surface area contributed by atoms with Gasteiger partial charge in [-0.15, -0.1) is 0 Å². The fourth-order valence-electron chi connectivity index (χ4n) is 5.83. The van der Waals surface area contributed by atoms with Gasteiger partial charge in [-0.1, -0.05) is 39.0 Å². The molecule has 0 radical (unpaired) electrons. The second-order valence-electron chi connectivity index (χ2n) is 11.9. The van der Waals surface area contributed by atoms with Crippen LogP contribution in [-0.4, -0.2) is 57.8 Å². The first-order chi connectivity index (χ1) is 18.6. The molecule has 0 bridgehead atoms. The zero-order chi connectivity index (χ0) is 27.5. The van der Waals surface area contributed by atoms with Crippen LogP contribution in [0.1, 0.15) is 48.2 Å². The van der Waals surface area contributed by atoms with E-state index in [0.717, 1.165) is 17.3 Å². The Morgan fingerprint density at radius 1 is 1.00 bits per heavy atom. The molecule has 4 N–H and O–H groups in total. The molecule has 3 heterocycles. The highest BCUT2D eigenvalue weighted by atomic mass is 19.1. The molecule has 2 fully saturated rings. The van der Waals surface area contributed by atoms with Gasteiger partial charge in [0, 0.05) is 34.9 Å². The van der Waals surface area contributed by atoms with Gasteiger partial charge < -0.3 is 25.5 Å². The highest BCUT2D eigenvalue weighted by Gasteiger charge is 2.54. The van der Waals surface area contributed by atoms with Gasteiger partial charge in [0.15, 0.2) is 0 Å². The summed E-state index contributed by atoms with van der Waals surface area (Å²) in [6.07, 6.45) is 1.03. The summed E-state index contributed by atoms with van der Waals surface area (Å²) < 4.78 is 13.6. The Balaban J connectivity index is 1.14. The number of piperidine rings is 1. The van der Waals surface area contributed by atoms with Crippen LogP contribution >= 0.6 is 0 Å². The van der Waals surface area contributed by atoms with Crippen molar-refractivity contribution in [2.45, 2.75) is 39.3 Å². The summed E-state index contributed by atoms with van der Waals surface area (Å²) in [6, 6.07) is 14.5. The van der Waals surface area contributed by atoms with Crippen molar-refractivity contribution in [2.75, 3.05) is 13.1 Å². The van der Waals surface area contributed by atoms with Crippen molar-refractivity contribution < 1.29 is 18.8 Å². The number of carbonyl (C=O) groups excluding carboxylic acids is 3. The first-order valence-corrected chi connectivity index (χ1v) is 13.3. The molecular weight excluding hydrogens is 497 g/mol. The summed E-state index contributed by atoms with van der Waals surface area (Å²) in [5.74, 6) is -0.380. The quantitative estimate of drug-likeness (QED) is 0.300. The Bertz CT molecular complexity index is 1570. The van der Waals surface area contributed by atoms with Gasteiger partial charge in [0.1, 0.15) is 23.2 Å². The van der Waals surface area contributed by atoms with Crippen LogP contribution in [0.4, 0.5) is 4.39 Å². The van der Waals surface area contributed by atoms with Gasteiger partial charge in [-0.05, 0) is 60.1 Å². The number of amides is 3. The molecule has 2 aliphatic rings. The third-order valence-corrected chi connectivity index (χ3v) is 8.04. The first-order valence-electron chi connectivity index (χ1n) is 13.3. The molecule has 1 aliphatic heterocycles. The SMILES string of the molecule is CC(C)(C)C(NC(=O)c1cc2ccccc2[nH]1)C(=O)NCC1C2CC2CN1C(=O)c1cc2cc(F)ccc2[nH]1. The fourth-order valence-corrected chi connectivity index (χ4v) is 5.83. The number of nitrogens with zero attached hydrogens (tertiary/aromatic N) is 1. The molecular formula is C30H32FN5O3. The summed E-state index contributed by atoms with van der Waals surface area (Å²) in [4.78, 5) is 48.0. The van der Waals surface area contributed by atoms with Gasteiger partial charge in [-0.25, -0.2) is 4.39 Å². The Morgan fingerprint density at radius 3 is 2.49 bits per heavy atom. The molecule has 1 saturated carbocycles. The van der Waals surface area contributed by atoms with Crippen LogP contribution in [-0.2, 0) is 4.79 Å². The lowest BCUT2D eigenvalue weighted by molar-refractivity contribution is -0.125. The lowest BCUT2D eigenvalue weighted by Gasteiger charge is -2.32. The Labute approximate surface area is 225 Å². The zero-order valence-corrected chi connectivity index (χ0v) is 22.2. The summed E-state index contributed by atoms with van der Waals surface area (Å²) in [6.45, 7) is 6.65. The van der Waals surface area contributed by atoms with Crippen LogP contribution in [0.5, 0.6) is 0 Å². The number of likely N-dealkylation sites (tertiary alicyclic amines) is 1. The predicted molar refractivity (Wildman–Crippen MR) is 147 cm³/mol. The Hall–Kier alpha value is -4.14. The molecule has 8 nitrogen and oxygen atoms in total. The first kappa shape index (κ1) is 25.2. The predicted octanol–water partition coefficient (Wildman–Crippen LogP) is 4.21. The third kappa shape index (κ3) is 4.77. The minimum Gasteiger partial charge on any atom is -0.352 e. The molecule has 9 heteroatoms. The van der Waals surface area contributed by atoms with Gasteiger partial charge in [-0.2, -0.15) is 0 Å². The standard InChI is InChI=1S/C30H32FN5O3/c1-30(2,3)26(35-27(37)23-12-16-6-4-5-7-21(16)33-23)28(38)32-14-25-20-11-18(20)15-36(25)29(39)24-13-17-10-19(31)8-9-22(17)34-24/h4-10,12-13,18,20,25-26,33-34H,11,14-15H2,1-3H3,(H,32,38)(H,35,37). The highest BCUT2D eigenvalue weighted by molar-refractivity contribution is 6.01. The summed E-state index contributed by atoms with van der Waals surface area (Å²) in [5.41, 5.74) is 1.81. The Morgan fingerprint density at radius 2 is 1.72 bits per heavy atom. The van der Waals surface area contributed by atoms with Gasteiger partial charge in [-0.3, -0.25) is 14.4 Å². The van der Waals surface area contributed by atoms with E-state index in [1.54, 1.807) is 18.2 Å². The van der Waals surface area contributed by atoms with Crippen LogP contribution < -0.4 is 10.6 Å². The number of hydrogen-bond acceptors (Lipinski definition) is 3. The number of rotatable bonds is 6. The van der Waals surface area contributed by atoms with Crippen molar-refractivity contribution in [3.8, 4) is 0 Å². The van der Waals surface area contributed by atoms with Crippen LogP contribution in [0.25, 0.3) is 21.8 Å². The third-order valence-electron chi connectivity index (χ3n) is 8.04. The number of aromatic nitrogens is 2. The summed E-state index contributed by atoms with van der Waals surface area (Å²) in [5, 5.41) is 7.50. The molecule has 2 aromatic carbocycles. The second kappa shape index (κ2) is 9.25. The molecule has 1 saturated heterocycles. The number of fused-ring (bicyclic) bond motifs is 3. The number of para-hydroxylation sites is 1. The van der Waals surface area contributed by atoms with E-state index in [1.165, 1.54) is 12.1 Å². The van der Waals surface area contributed by atoms with E-state index >= 15 is 0 Å². The van der Waals surface area contributed by atoms with Crippen molar-refractivity contribution >= 4 is 39.5 Å². The minimum atomic E-state index is -0.777. The molecule has 6 rings (SSSR count). The highest BCUT2D eigenvalue weighted by Crippen LogP contribution is 2.49. The number of halogens is 1. The summed E-state index contributed by atoms with van der Waals surface area (Å²) >= 11 is 0. The number of aromatic amines is 2. The van der Waals surface area contributed by atoms with E-state index in [1.807, 2.05) is 49.9 Å². The van der Waals surface area contributed by atoms with Crippen molar-refractivity contribution in [3.63, 3.8) is 0 Å². The molecule has 39 heavy (non-hydrogen) atoms. The molecule has 2 aromatic heterocycles. The molecule has 202 valence electrons. The molecule has 4 atom stereocenters. The number of hydrogen-bond donors (Lipinski definition) is 4. The average Bonchev–Trinajstić information content (AvgIpc) is 3.22. The molecule has 1 aliphatic carbocycles. The van der Waals surface area contributed by atoms with Gasteiger partial charge in [0.2, 0.25) is 5.91 Å². The van der Waals surface area contributed by atoms with E-state index in [-0.39, 0.29) is 29.6 Å². The van der Waals surface area contributed by atoms with Gasteiger partial charge >= 0.3 is 0 Å². The van der Waals surface area contributed by atoms with Gasteiger partial charge in [0.05, 0.1) is 6.04 Å². The second-order valence-corrected chi connectivity index (χ2v) is 11.9. The van der Waals surface area contributed by atoms with E-state index in [4.69, 9.17) is 0 Å². The van der Waals surface area contributed by atoms with Crippen molar-refractivity contribution in [3.05, 3.63) is 71.8 Å². The molecule has 3 amide bonds. The normalized spacial score (nSPS) is 21.1. The average molecular weight is 530 g/mol. The lowest BCUT2D eigenvalue weighted by atomic mass is 9.86. The number of benzene rings is 2. The molecule has 4 aromatic rings. The largest absolute Gasteiger partial charge is 0.352 e. The van der Waals surface area contributed by atoms with E-state index in [2.05, 4.69) is 20.6 Å². The van der Waals surface area contributed by atoms with Crippen LogP contribution in [0, 0.1) is 23.1 Å². The van der Waals surface area contributed by atoms with Crippen molar-refractivity contribution in [1.82, 2.24) is 25.5 Å². The van der Waals surface area contributed by atoms with Crippen molar-refractivity contribution in [2.24, 2.45) is 17.3 Å². The van der Waals surface area contributed by atoms with Gasteiger partial charge in [0.25, 0.3) is 11.8 Å². The number of H-pyrrole nitrogens is 2. The van der Waals surface area contributed by atoms with Crippen LogP contribution in [0.3, 0.4) is 0 Å². The van der Waals surface area contributed by atoms with Crippen LogP contribution in [0.2, 0.25) is 0 Å². The smallest absolute Gasteiger partial charge is 0.270 e. The number of carbonyl (C=O) groups is 3. The maximum atomic E-state index is 13.6. The molecule has 0 spiro atoms. The maximum absolute atomic E-state index is 13.6. The van der Waals surface area contributed by atoms with E-state index < -0.39 is 11.5 Å². The summed E-state index contributed by atoms with van der Waals surface area (Å²) in [7, 11) is 0. The monoisotopic (exact) mass is 529 g/mol. The number of nitrogens with one attached hydrogen (secondary N) is 4. The zero-order valence-electron chi connectivity index (χ0n) is 22.2. The topological polar surface area (TPSA) is 110 Å². The fraction of sp³-hybridized carbons (Fsp3) is 0.367. The molecule has 4 unspecified atom stereocenters. The Kier molecular flexibility index (Phi) is 5.97. The van der Waals surface area contributed by atoms with E-state index in [9.17, 15) is 18.8 Å². The maximum Gasteiger partial charge on any atom is 0.270 e. The van der Waals surface area contributed by atoms with Crippen molar-refractivity contribution in [1.29, 1.82) is 0 Å². The minimum absolute atomic E-state index is 0.139. The van der Waals surface area contributed by atoms with Crippen LogP contribution in [0.15, 0.2) is 54.6 Å².